The summed E-state index contributed by atoms with van der Waals surface area (Å²) in [6, 6.07) is 4.64. The molecule has 0 saturated carbocycles. The van der Waals surface area contributed by atoms with Gasteiger partial charge in [-0.05, 0) is 30.9 Å². The Morgan fingerprint density at radius 3 is 3.06 bits per heavy atom. The summed E-state index contributed by atoms with van der Waals surface area (Å²) < 4.78 is 0. The van der Waals surface area contributed by atoms with Crippen molar-refractivity contribution in [2.24, 2.45) is 10.9 Å². The number of hydrogen-bond donors (Lipinski definition) is 1. The number of amidine groups is 1. The lowest BCUT2D eigenvalue weighted by molar-refractivity contribution is 0.490. The standard InChI is InChI=1S/C14H21N3S/c1-4-12-6-5-7-15-13(12)8-16-14-17-11(3)10(2)9-18-14/h5-7,10-11H,4,8-9H2,1-3H3,(H,16,17). The lowest BCUT2D eigenvalue weighted by Crippen LogP contribution is -2.41. The van der Waals surface area contributed by atoms with E-state index in [0.717, 1.165) is 23.0 Å². The van der Waals surface area contributed by atoms with E-state index in [1.165, 1.54) is 5.56 Å². The molecule has 18 heavy (non-hydrogen) atoms. The Bertz CT molecular complexity index is 431. The van der Waals surface area contributed by atoms with Crippen LogP contribution in [0.4, 0.5) is 0 Å². The number of thioether (sulfide) groups is 1. The van der Waals surface area contributed by atoms with Crippen molar-refractivity contribution >= 4 is 16.9 Å². The molecule has 1 N–H and O–H groups in total. The third-order valence-corrected chi connectivity index (χ3v) is 4.64. The Balaban J connectivity index is 2.02. The zero-order valence-electron chi connectivity index (χ0n) is 11.3. The monoisotopic (exact) mass is 263 g/mol. The Hall–Kier alpha value is -1.03. The fourth-order valence-electron chi connectivity index (χ4n) is 1.91. The maximum atomic E-state index is 4.65. The van der Waals surface area contributed by atoms with E-state index < -0.39 is 0 Å². The van der Waals surface area contributed by atoms with E-state index in [1.54, 1.807) is 0 Å². The zero-order chi connectivity index (χ0) is 13.0. The fraction of sp³-hybridized carbons (Fsp3) is 0.571. The molecule has 2 heterocycles. The Kier molecular flexibility index (Phi) is 4.64. The number of aliphatic imine (C=N–C) groups is 1. The van der Waals surface area contributed by atoms with Crippen molar-refractivity contribution in [3.05, 3.63) is 29.6 Å². The van der Waals surface area contributed by atoms with E-state index in [4.69, 9.17) is 0 Å². The van der Waals surface area contributed by atoms with Crippen LogP contribution in [-0.4, -0.2) is 21.9 Å². The van der Waals surface area contributed by atoms with Gasteiger partial charge in [-0.15, -0.1) is 0 Å². The summed E-state index contributed by atoms with van der Waals surface area (Å²) in [4.78, 5) is 9.08. The van der Waals surface area contributed by atoms with Crippen molar-refractivity contribution in [2.75, 3.05) is 5.75 Å². The molecular formula is C14H21N3S. The van der Waals surface area contributed by atoms with Gasteiger partial charge in [-0.1, -0.05) is 31.7 Å². The van der Waals surface area contributed by atoms with Crippen LogP contribution in [0.1, 0.15) is 32.0 Å². The van der Waals surface area contributed by atoms with Gasteiger partial charge in [-0.2, -0.15) is 0 Å². The van der Waals surface area contributed by atoms with E-state index in [0.29, 0.717) is 18.5 Å². The largest absolute Gasteiger partial charge is 0.362 e. The molecule has 98 valence electrons. The lowest BCUT2D eigenvalue weighted by atomic mass is 10.1. The summed E-state index contributed by atoms with van der Waals surface area (Å²) in [5.41, 5.74) is 2.39. The van der Waals surface area contributed by atoms with Crippen LogP contribution in [0.2, 0.25) is 0 Å². The molecule has 1 aliphatic rings. The predicted octanol–water partition coefficient (Wildman–Crippen LogP) is 2.86. The summed E-state index contributed by atoms with van der Waals surface area (Å²) >= 11 is 1.82. The first-order chi connectivity index (χ1) is 8.70. The van der Waals surface area contributed by atoms with Crippen LogP contribution < -0.4 is 5.32 Å². The van der Waals surface area contributed by atoms with E-state index >= 15 is 0 Å². The lowest BCUT2D eigenvalue weighted by Gasteiger charge is -2.28. The quantitative estimate of drug-likeness (QED) is 0.911. The SMILES string of the molecule is CCc1cccnc1CN=C1NC(C)C(C)CS1. The molecule has 1 saturated heterocycles. The van der Waals surface area contributed by atoms with Crippen molar-refractivity contribution in [1.29, 1.82) is 0 Å². The molecule has 3 nitrogen and oxygen atoms in total. The minimum Gasteiger partial charge on any atom is -0.362 e. The summed E-state index contributed by atoms with van der Waals surface area (Å²) in [6.07, 6.45) is 2.86. The van der Waals surface area contributed by atoms with Gasteiger partial charge in [0.15, 0.2) is 5.17 Å². The predicted molar refractivity (Wildman–Crippen MR) is 79.0 cm³/mol. The second-order valence-corrected chi connectivity index (χ2v) is 5.81. The van der Waals surface area contributed by atoms with Gasteiger partial charge in [0.2, 0.25) is 0 Å². The maximum absolute atomic E-state index is 4.65. The number of aromatic nitrogens is 1. The summed E-state index contributed by atoms with van der Waals surface area (Å²) in [6.45, 7) is 7.33. The van der Waals surface area contributed by atoms with Crippen LogP contribution in [0.5, 0.6) is 0 Å². The van der Waals surface area contributed by atoms with Crippen LogP contribution in [0.3, 0.4) is 0 Å². The molecule has 1 aromatic rings. The van der Waals surface area contributed by atoms with Gasteiger partial charge in [0.1, 0.15) is 0 Å². The van der Waals surface area contributed by atoms with Crippen molar-refractivity contribution in [3.8, 4) is 0 Å². The molecular weight excluding hydrogens is 242 g/mol. The third-order valence-electron chi connectivity index (χ3n) is 3.43. The highest BCUT2D eigenvalue weighted by atomic mass is 32.2. The number of nitrogens with one attached hydrogen (secondary N) is 1. The number of aryl methyl sites for hydroxylation is 1. The fourth-order valence-corrected chi connectivity index (χ4v) is 3.04. The minimum atomic E-state index is 0.513. The highest BCUT2D eigenvalue weighted by Gasteiger charge is 2.20. The molecule has 2 atom stereocenters. The number of nitrogens with zero attached hydrogens (tertiary/aromatic N) is 2. The van der Waals surface area contributed by atoms with Crippen LogP contribution >= 0.6 is 11.8 Å². The average Bonchev–Trinajstić information content (AvgIpc) is 2.40. The normalized spacial score (nSPS) is 26.1. The average molecular weight is 263 g/mol. The van der Waals surface area contributed by atoms with Gasteiger partial charge in [-0.25, -0.2) is 0 Å². The molecule has 1 aromatic heterocycles. The Morgan fingerprint density at radius 1 is 1.50 bits per heavy atom. The molecule has 1 fully saturated rings. The topological polar surface area (TPSA) is 37.3 Å². The Labute approximate surface area is 113 Å². The van der Waals surface area contributed by atoms with Gasteiger partial charge in [-0.3, -0.25) is 9.98 Å². The molecule has 2 rings (SSSR count). The second kappa shape index (κ2) is 6.23. The van der Waals surface area contributed by atoms with Gasteiger partial charge >= 0.3 is 0 Å². The zero-order valence-corrected chi connectivity index (χ0v) is 12.1. The van der Waals surface area contributed by atoms with Crippen LogP contribution in [0, 0.1) is 5.92 Å². The summed E-state index contributed by atoms with van der Waals surface area (Å²) in [7, 11) is 0. The molecule has 0 bridgehead atoms. The highest BCUT2D eigenvalue weighted by Crippen LogP contribution is 2.19. The van der Waals surface area contributed by atoms with Crippen LogP contribution in [0.25, 0.3) is 0 Å². The minimum absolute atomic E-state index is 0.513. The van der Waals surface area contributed by atoms with Crippen molar-refractivity contribution in [1.82, 2.24) is 10.3 Å². The summed E-state index contributed by atoms with van der Waals surface area (Å²) in [5.74, 6) is 1.85. The van der Waals surface area contributed by atoms with Crippen LogP contribution in [0.15, 0.2) is 23.3 Å². The molecule has 0 radical (unpaired) electrons. The number of rotatable bonds is 3. The Morgan fingerprint density at radius 2 is 2.33 bits per heavy atom. The van der Waals surface area contributed by atoms with Gasteiger partial charge in [0.05, 0.1) is 12.2 Å². The molecule has 0 spiro atoms. The molecule has 0 amide bonds. The smallest absolute Gasteiger partial charge is 0.157 e. The van der Waals surface area contributed by atoms with Crippen molar-refractivity contribution < 1.29 is 0 Å². The first-order valence-corrected chi connectivity index (χ1v) is 7.55. The summed E-state index contributed by atoms with van der Waals surface area (Å²) in [5, 5.41) is 4.52. The van der Waals surface area contributed by atoms with E-state index in [-0.39, 0.29) is 0 Å². The van der Waals surface area contributed by atoms with Crippen LogP contribution in [-0.2, 0) is 13.0 Å². The van der Waals surface area contributed by atoms with Gasteiger partial charge < -0.3 is 5.32 Å². The first-order valence-electron chi connectivity index (χ1n) is 6.57. The maximum Gasteiger partial charge on any atom is 0.157 e. The highest BCUT2D eigenvalue weighted by molar-refractivity contribution is 8.13. The molecule has 2 unspecified atom stereocenters. The second-order valence-electron chi connectivity index (χ2n) is 4.81. The number of pyridine rings is 1. The van der Waals surface area contributed by atoms with E-state index in [9.17, 15) is 0 Å². The van der Waals surface area contributed by atoms with Gasteiger partial charge in [0, 0.05) is 18.0 Å². The molecule has 1 aliphatic heterocycles. The molecule has 0 aromatic carbocycles. The van der Waals surface area contributed by atoms with Gasteiger partial charge in [0.25, 0.3) is 0 Å². The number of hydrogen-bond acceptors (Lipinski definition) is 3. The first kappa shape index (κ1) is 13.4. The molecule has 4 heteroatoms. The van der Waals surface area contributed by atoms with E-state index in [2.05, 4.69) is 42.1 Å². The van der Waals surface area contributed by atoms with Crippen molar-refractivity contribution in [2.45, 2.75) is 39.8 Å². The molecule has 0 aliphatic carbocycles. The van der Waals surface area contributed by atoms with Crippen molar-refractivity contribution in [3.63, 3.8) is 0 Å². The van der Waals surface area contributed by atoms with E-state index in [1.807, 2.05) is 24.0 Å². The third kappa shape index (κ3) is 3.25.